The Kier molecular flexibility index (Phi) is 2.78. The Bertz CT molecular complexity index is 513. The molecule has 3 rings (SSSR count). The average molecular weight is 245 g/mol. The molecule has 0 saturated carbocycles. The van der Waals surface area contributed by atoms with Crippen molar-refractivity contribution in [2.75, 3.05) is 0 Å². The van der Waals surface area contributed by atoms with E-state index in [4.69, 9.17) is 4.42 Å². The van der Waals surface area contributed by atoms with E-state index >= 15 is 0 Å². The normalized spacial score (nSPS) is 20.3. The summed E-state index contributed by atoms with van der Waals surface area (Å²) in [6, 6.07) is 3.55. The van der Waals surface area contributed by atoms with Gasteiger partial charge in [0, 0.05) is 12.0 Å². The molecule has 0 radical (unpaired) electrons. The summed E-state index contributed by atoms with van der Waals surface area (Å²) in [4.78, 5) is 25.6. The second-order valence-electron chi connectivity index (χ2n) is 4.83. The van der Waals surface area contributed by atoms with Crippen LogP contribution in [-0.4, -0.2) is 16.7 Å². The molecule has 94 valence electrons. The van der Waals surface area contributed by atoms with Crippen LogP contribution in [0, 0.1) is 0 Å². The van der Waals surface area contributed by atoms with E-state index in [0.29, 0.717) is 12.2 Å². The molecule has 0 aromatic carbocycles. The van der Waals surface area contributed by atoms with Crippen molar-refractivity contribution in [1.29, 1.82) is 0 Å². The van der Waals surface area contributed by atoms with Gasteiger partial charge in [0.2, 0.25) is 5.91 Å². The third-order valence-corrected chi connectivity index (χ3v) is 3.65. The smallest absolute Gasteiger partial charge is 0.256 e. The number of nitrogens with zero attached hydrogens (tertiary/aromatic N) is 1. The fraction of sp³-hybridized carbons (Fsp3) is 0.429. The van der Waals surface area contributed by atoms with E-state index in [1.165, 1.54) is 4.90 Å². The second-order valence-corrected chi connectivity index (χ2v) is 4.83. The number of hydrogen-bond donors (Lipinski definition) is 0. The van der Waals surface area contributed by atoms with Crippen molar-refractivity contribution in [3.63, 3.8) is 0 Å². The zero-order chi connectivity index (χ0) is 12.5. The lowest BCUT2D eigenvalue weighted by atomic mass is 9.86. The quantitative estimate of drug-likeness (QED) is 0.752. The molecule has 1 aromatic heterocycles. The van der Waals surface area contributed by atoms with Gasteiger partial charge in [0.05, 0.1) is 12.8 Å². The molecule has 0 spiro atoms. The Morgan fingerprint density at radius 3 is 2.83 bits per heavy atom. The van der Waals surface area contributed by atoms with E-state index < -0.39 is 0 Å². The number of hydrogen-bond acceptors (Lipinski definition) is 3. The zero-order valence-corrected chi connectivity index (χ0v) is 10.1. The predicted molar refractivity (Wildman–Crippen MR) is 64.4 cm³/mol. The van der Waals surface area contributed by atoms with Gasteiger partial charge in [0.1, 0.15) is 5.76 Å². The summed E-state index contributed by atoms with van der Waals surface area (Å²) in [7, 11) is 0. The van der Waals surface area contributed by atoms with Crippen molar-refractivity contribution < 1.29 is 14.0 Å². The lowest BCUT2D eigenvalue weighted by Gasteiger charge is -2.30. The molecule has 4 heteroatoms. The van der Waals surface area contributed by atoms with E-state index in [0.717, 1.165) is 36.8 Å². The van der Waals surface area contributed by atoms with Crippen LogP contribution in [0.2, 0.25) is 0 Å². The second kappa shape index (κ2) is 4.44. The average Bonchev–Trinajstić information content (AvgIpc) is 2.87. The van der Waals surface area contributed by atoms with E-state index in [1.807, 2.05) is 0 Å². The van der Waals surface area contributed by atoms with Crippen LogP contribution in [0.15, 0.2) is 34.0 Å². The van der Waals surface area contributed by atoms with Crippen LogP contribution in [0.4, 0.5) is 0 Å². The number of carbonyl (C=O) groups excluding carboxylic acids is 2. The molecule has 0 bridgehead atoms. The number of furan rings is 1. The van der Waals surface area contributed by atoms with E-state index in [9.17, 15) is 9.59 Å². The maximum absolute atomic E-state index is 12.3. The third-order valence-electron chi connectivity index (χ3n) is 3.65. The Morgan fingerprint density at radius 1 is 1.22 bits per heavy atom. The fourth-order valence-corrected chi connectivity index (χ4v) is 2.69. The molecule has 18 heavy (non-hydrogen) atoms. The maximum Gasteiger partial charge on any atom is 0.256 e. The molecule has 1 aliphatic carbocycles. The van der Waals surface area contributed by atoms with Gasteiger partial charge in [-0.1, -0.05) is 5.57 Å². The highest BCUT2D eigenvalue weighted by Gasteiger charge is 2.34. The minimum Gasteiger partial charge on any atom is -0.467 e. The van der Waals surface area contributed by atoms with Crippen molar-refractivity contribution in [2.24, 2.45) is 0 Å². The van der Waals surface area contributed by atoms with Gasteiger partial charge in [-0.3, -0.25) is 14.5 Å². The van der Waals surface area contributed by atoms with Crippen LogP contribution in [-0.2, 0) is 16.1 Å². The first-order valence-corrected chi connectivity index (χ1v) is 6.33. The summed E-state index contributed by atoms with van der Waals surface area (Å²) in [6.45, 7) is 0.251. The summed E-state index contributed by atoms with van der Waals surface area (Å²) >= 11 is 0. The van der Waals surface area contributed by atoms with Crippen molar-refractivity contribution in [3.05, 3.63) is 35.3 Å². The number of imide groups is 1. The minimum absolute atomic E-state index is 0.1000. The van der Waals surface area contributed by atoms with Gasteiger partial charge < -0.3 is 4.42 Å². The zero-order valence-electron chi connectivity index (χ0n) is 10.1. The number of carbonyl (C=O) groups is 2. The molecular formula is C14H15NO3. The van der Waals surface area contributed by atoms with Crippen molar-refractivity contribution in [2.45, 2.75) is 38.6 Å². The molecule has 2 aliphatic rings. The molecule has 2 amide bonds. The summed E-state index contributed by atoms with van der Waals surface area (Å²) < 4.78 is 5.21. The molecule has 4 nitrogen and oxygen atoms in total. The van der Waals surface area contributed by atoms with Gasteiger partial charge in [0.15, 0.2) is 0 Å². The van der Waals surface area contributed by atoms with E-state index in [2.05, 4.69) is 0 Å². The predicted octanol–water partition coefficient (Wildman–Crippen LogP) is 2.41. The molecule has 2 heterocycles. The van der Waals surface area contributed by atoms with Crippen LogP contribution in [0.5, 0.6) is 0 Å². The lowest BCUT2D eigenvalue weighted by Crippen LogP contribution is -2.41. The van der Waals surface area contributed by atoms with Gasteiger partial charge in [-0.15, -0.1) is 0 Å². The first-order chi connectivity index (χ1) is 8.75. The third kappa shape index (κ3) is 1.88. The van der Waals surface area contributed by atoms with Gasteiger partial charge >= 0.3 is 0 Å². The summed E-state index contributed by atoms with van der Waals surface area (Å²) in [5, 5.41) is 0. The van der Waals surface area contributed by atoms with Crippen LogP contribution in [0.3, 0.4) is 0 Å². The standard InChI is InChI=1S/C14H15NO3/c16-13-8-10-4-1-2-6-12(10)14(17)15(13)9-11-5-3-7-18-11/h3,5,7H,1-2,4,6,8-9H2. The largest absolute Gasteiger partial charge is 0.467 e. The monoisotopic (exact) mass is 245 g/mol. The summed E-state index contributed by atoms with van der Waals surface area (Å²) in [6.07, 6.45) is 5.82. The molecule has 0 saturated heterocycles. The summed E-state index contributed by atoms with van der Waals surface area (Å²) in [5.74, 6) is 0.436. The molecule has 1 aromatic rings. The van der Waals surface area contributed by atoms with E-state index in [-0.39, 0.29) is 18.4 Å². The van der Waals surface area contributed by atoms with Crippen molar-refractivity contribution in [3.8, 4) is 0 Å². The Hall–Kier alpha value is -1.84. The highest BCUT2D eigenvalue weighted by molar-refractivity contribution is 6.08. The lowest BCUT2D eigenvalue weighted by molar-refractivity contribution is -0.144. The molecular weight excluding hydrogens is 230 g/mol. The Morgan fingerprint density at radius 2 is 2.06 bits per heavy atom. The first kappa shape index (κ1) is 11.3. The van der Waals surface area contributed by atoms with Gasteiger partial charge in [-0.25, -0.2) is 0 Å². The van der Waals surface area contributed by atoms with Crippen molar-refractivity contribution in [1.82, 2.24) is 4.90 Å². The van der Waals surface area contributed by atoms with Crippen LogP contribution in [0.1, 0.15) is 37.9 Å². The molecule has 0 unspecified atom stereocenters. The van der Waals surface area contributed by atoms with E-state index in [1.54, 1.807) is 18.4 Å². The SMILES string of the molecule is O=C1CC2=C(CCCC2)C(=O)N1Cc1ccco1. The highest BCUT2D eigenvalue weighted by Crippen LogP contribution is 2.32. The molecule has 0 fully saturated rings. The van der Waals surface area contributed by atoms with Crippen LogP contribution in [0.25, 0.3) is 0 Å². The highest BCUT2D eigenvalue weighted by atomic mass is 16.3. The van der Waals surface area contributed by atoms with Crippen molar-refractivity contribution >= 4 is 11.8 Å². The number of rotatable bonds is 2. The van der Waals surface area contributed by atoms with Gasteiger partial charge in [0.25, 0.3) is 5.91 Å². The van der Waals surface area contributed by atoms with Crippen LogP contribution < -0.4 is 0 Å². The summed E-state index contributed by atoms with van der Waals surface area (Å²) in [5.41, 5.74) is 1.93. The maximum atomic E-state index is 12.3. The van der Waals surface area contributed by atoms with Gasteiger partial charge in [-0.05, 0) is 37.8 Å². The molecule has 0 atom stereocenters. The fourth-order valence-electron chi connectivity index (χ4n) is 2.69. The van der Waals surface area contributed by atoms with Crippen LogP contribution >= 0.6 is 0 Å². The number of amides is 2. The Balaban J connectivity index is 1.86. The van der Waals surface area contributed by atoms with Gasteiger partial charge in [-0.2, -0.15) is 0 Å². The Labute approximate surface area is 105 Å². The molecule has 1 aliphatic heterocycles. The topological polar surface area (TPSA) is 50.5 Å². The first-order valence-electron chi connectivity index (χ1n) is 6.33. The minimum atomic E-state index is -0.114. The molecule has 0 N–H and O–H groups in total.